The van der Waals surface area contributed by atoms with E-state index in [9.17, 15) is 0 Å². The van der Waals surface area contributed by atoms with Crippen LogP contribution in [0.5, 0.6) is 0 Å². The van der Waals surface area contributed by atoms with Crippen LogP contribution in [0.3, 0.4) is 0 Å². The zero-order valence-corrected chi connectivity index (χ0v) is 5.13. The molecule has 0 spiro atoms. The average Bonchev–Trinajstić information content (AvgIpc) is 0. The molecule has 0 rings (SSSR count). The van der Waals surface area contributed by atoms with E-state index in [4.69, 9.17) is 0 Å². The second-order valence-corrected chi connectivity index (χ2v) is 0. The quantitative estimate of drug-likeness (QED) is 0.565. The summed E-state index contributed by atoms with van der Waals surface area (Å²) in [5, 5.41) is 0. The minimum Gasteiger partial charge on any atom is -0.870 e. The topological polar surface area (TPSA) is 120 Å². The van der Waals surface area contributed by atoms with Gasteiger partial charge in [0.1, 0.15) is 0 Å². The Hall–Kier alpha value is 0.528. The number of hydrogen-bond donors (Lipinski definition) is 0. The van der Waals surface area contributed by atoms with Crippen LogP contribution in [0.2, 0.25) is 0 Å². The van der Waals surface area contributed by atoms with Gasteiger partial charge in [0.2, 0.25) is 0 Å². The molecule has 5 heavy (non-hydrogen) atoms. The van der Waals surface area contributed by atoms with Gasteiger partial charge >= 0.3 is 0 Å². The number of hydrogen-bond acceptors (Lipinski definition) is 4. The van der Waals surface area contributed by atoms with Crippen LogP contribution in [0.4, 0.5) is 0 Å². The Morgan fingerprint density at radius 1 is 0.400 bits per heavy atom. The first-order chi connectivity index (χ1) is 0. The molecule has 0 aromatic heterocycles. The van der Waals surface area contributed by atoms with Crippen LogP contribution in [0.25, 0.3) is 0 Å². The first-order valence-electron chi connectivity index (χ1n) is 0. The summed E-state index contributed by atoms with van der Waals surface area (Å²) >= 11 is 0. The molecule has 0 unspecified atom stereocenters. The van der Waals surface area contributed by atoms with E-state index in [0.717, 1.165) is 0 Å². The van der Waals surface area contributed by atoms with Crippen LogP contribution < -0.4 is 0 Å². The van der Waals surface area contributed by atoms with Gasteiger partial charge < -0.3 is 21.9 Å². The summed E-state index contributed by atoms with van der Waals surface area (Å²) in [6.07, 6.45) is 0. The Bertz CT molecular complexity index is 3.61. The fraction of sp³-hybridized carbons (Fsp3) is 0. The summed E-state index contributed by atoms with van der Waals surface area (Å²) in [7, 11) is 0. The summed E-state index contributed by atoms with van der Waals surface area (Å²) < 4.78 is 0. The average molecular weight is 252 g/mol. The molecule has 0 amide bonds. The Balaban J connectivity index is 0. The Morgan fingerprint density at radius 3 is 0.400 bits per heavy atom. The van der Waals surface area contributed by atoms with Gasteiger partial charge in [-0.05, 0) is 0 Å². The molecule has 0 aliphatic carbocycles. The van der Waals surface area contributed by atoms with Crippen molar-refractivity contribution in [3.8, 4) is 0 Å². The van der Waals surface area contributed by atoms with E-state index in [1.165, 1.54) is 0 Å². The molecule has 0 aromatic carbocycles. The molecule has 0 bridgehead atoms. The van der Waals surface area contributed by atoms with E-state index in [0.29, 0.717) is 0 Å². The summed E-state index contributed by atoms with van der Waals surface area (Å²) in [6.45, 7) is 0. The molecule has 0 radical (unpaired) electrons. The van der Waals surface area contributed by atoms with Crippen molar-refractivity contribution in [2.75, 3.05) is 0 Å². The molecule has 38 valence electrons. The van der Waals surface area contributed by atoms with Crippen LogP contribution in [0.15, 0.2) is 0 Å². The standard InChI is InChI=1S/4H2O.W/h4*1H2;/p-4. The third-order valence-corrected chi connectivity index (χ3v) is 0. The van der Waals surface area contributed by atoms with Crippen molar-refractivity contribution in [3.63, 3.8) is 0 Å². The van der Waals surface area contributed by atoms with Crippen LogP contribution >= 0.6 is 0 Å². The van der Waals surface area contributed by atoms with Crippen molar-refractivity contribution in [1.29, 1.82) is 0 Å². The van der Waals surface area contributed by atoms with Gasteiger partial charge in [0.15, 0.2) is 0 Å². The van der Waals surface area contributed by atoms with Gasteiger partial charge in [-0.2, -0.15) is 0 Å². The zero-order chi connectivity index (χ0) is 0. The second-order valence-electron chi connectivity index (χ2n) is 0. The van der Waals surface area contributed by atoms with Crippen LogP contribution in [0, 0.1) is 0 Å². The van der Waals surface area contributed by atoms with Gasteiger partial charge in [-0.3, -0.25) is 0 Å². The molecule has 4 N–H and O–H groups in total. The summed E-state index contributed by atoms with van der Waals surface area (Å²) in [6, 6.07) is 0. The fourth-order valence-electron chi connectivity index (χ4n) is 0. The molecule has 5 heteroatoms. The first-order valence-corrected chi connectivity index (χ1v) is 0. The maximum atomic E-state index is 0. The predicted molar refractivity (Wildman–Crippen MR) is 7.74 cm³/mol. The van der Waals surface area contributed by atoms with E-state index < -0.39 is 0 Å². The molecule has 0 aromatic rings. The van der Waals surface area contributed by atoms with Crippen molar-refractivity contribution in [2.45, 2.75) is 0 Å². The van der Waals surface area contributed by atoms with Crippen LogP contribution in [-0.4, -0.2) is 21.9 Å². The summed E-state index contributed by atoms with van der Waals surface area (Å²) in [4.78, 5) is 0. The Labute approximate surface area is 43.7 Å². The molecular formula is H4O4W-4. The van der Waals surface area contributed by atoms with Gasteiger partial charge in [-0.1, -0.05) is 0 Å². The van der Waals surface area contributed by atoms with Gasteiger partial charge in [0.25, 0.3) is 0 Å². The normalized spacial score (nSPS) is 0. The molecule has 0 heterocycles. The minimum absolute atomic E-state index is 0. The maximum Gasteiger partial charge on any atom is 0 e. The van der Waals surface area contributed by atoms with Crippen LogP contribution in [0.1, 0.15) is 0 Å². The van der Waals surface area contributed by atoms with Gasteiger partial charge in [-0.25, -0.2) is 0 Å². The van der Waals surface area contributed by atoms with E-state index in [1.54, 1.807) is 0 Å². The molecule has 0 saturated carbocycles. The summed E-state index contributed by atoms with van der Waals surface area (Å²) in [5.41, 5.74) is 0. The third-order valence-electron chi connectivity index (χ3n) is 0. The molecule has 0 fully saturated rings. The molecule has 4 nitrogen and oxygen atoms in total. The summed E-state index contributed by atoms with van der Waals surface area (Å²) in [5.74, 6) is 0. The van der Waals surface area contributed by atoms with Gasteiger partial charge in [-0.15, -0.1) is 0 Å². The maximum absolute atomic E-state index is 0. The van der Waals surface area contributed by atoms with Crippen molar-refractivity contribution in [1.82, 2.24) is 0 Å². The van der Waals surface area contributed by atoms with E-state index in [-0.39, 0.29) is 43.0 Å². The Morgan fingerprint density at radius 2 is 0.400 bits per heavy atom. The minimum atomic E-state index is 0. The molecule has 0 saturated heterocycles. The molecule has 0 atom stereocenters. The SMILES string of the molecule is [OH-].[OH-].[OH-].[OH-].[W]. The number of rotatable bonds is 0. The molecular weight excluding hydrogens is 248 g/mol. The smallest absolute Gasteiger partial charge is 0 e. The van der Waals surface area contributed by atoms with Crippen molar-refractivity contribution < 1.29 is 43.0 Å². The van der Waals surface area contributed by atoms with Gasteiger partial charge in [0.05, 0.1) is 0 Å². The van der Waals surface area contributed by atoms with Crippen LogP contribution in [-0.2, 0) is 21.1 Å². The largest absolute Gasteiger partial charge is 0.870 e. The van der Waals surface area contributed by atoms with Gasteiger partial charge in [0, 0.05) is 21.1 Å². The molecule has 0 aliphatic rings. The first kappa shape index (κ1) is 406. The Kier molecular flexibility index (Phi) is 16400. The second kappa shape index (κ2) is 202. The van der Waals surface area contributed by atoms with Crippen molar-refractivity contribution in [2.24, 2.45) is 0 Å². The van der Waals surface area contributed by atoms with E-state index >= 15 is 0 Å². The van der Waals surface area contributed by atoms with Crippen molar-refractivity contribution in [3.05, 3.63) is 0 Å². The third kappa shape index (κ3) is 104. The van der Waals surface area contributed by atoms with E-state index in [2.05, 4.69) is 0 Å². The van der Waals surface area contributed by atoms with Crippen molar-refractivity contribution >= 4 is 0 Å². The van der Waals surface area contributed by atoms with E-state index in [1.807, 2.05) is 0 Å². The zero-order valence-electron chi connectivity index (χ0n) is 2.20. The monoisotopic (exact) mass is 252 g/mol. The fourth-order valence-corrected chi connectivity index (χ4v) is 0. The molecule has 0 aliphatic heterocycles. The predicted octanol–water partition coefficient (Wildman–Crippen LogP) is -0.710.